The van der Waals surface area contributed by atoms with Gasteiger partial charge >= 0.3 is 0 Å². The van der Waals surface area contributed by atoms with E-state index in [9.17, 15) is 15.3 Å². The topological polar surface area (TPSA) is 168 Å². The number of H-pyrrole nitrogens is 1. The molecule has 0 spiro atoms. The van der Waals surface area contributed by atoms with E-state index in [0.717, 1.165) is 0 Å². The van der Waals surface area contributed by atoms with E-state index >= 15 is 0 Å². The van der Waals surface area contributed by atoms with Gasteiger partial charge < -0.3 is 25.8 Å². The first-order valence-electron chi connectivity index (χ1n) is 7.60. The molecule has 0 aliphatic carbocycles. The minimum absolute atomic E-state index is 0.206. The van der Waals surface area contributed by atoms with Crippen LogP contribution in [0.2, 0.25) is 0 Å². The van der Waals surface area contributed by atoms with Crippen LogP contribution in [0.5, 0.6) is 0 Å². The molecule has 1 fully saturated rings. The number of rotatable bonds is 3. The van der Waals surface area contributed by atoms with Gasteiger partial charge in [-0.2, -0.15) is 10.2 Å². The van der Waals surface area contributed by atoms with E-state index in [2.05, 4.69) is 25.3 Å². The van der Waals surface area contributed by atoms with Crippen LogP contribution >= 0.6 is 0 Å². The molecule has 4 heterocycles. The highest BCUT2D eigenvalue weighted by Gasteiger charge is 2.54. The molecule has 1 saturated heterocycles. The number of nitrogen functional groups attached to an aromatic ring is 1. The summed E-state index contributed by atoms with van der Waals surface area (Å²) in [7, 11) is 0. The van der Waals surface area contributed by atoms with E-state index in [4.69, 9.17) is 10.5 Å². The number of ether oxygens (including phenoxy) is 1. The zero-order valence-electron chi connectivity index (χ0n) is 13.2. The Morgan fingerprint density at radius 1 is 1.44 bits per heavy atom. The van der Waals surface area contributed by atoms with Gasteiger partial charge in [0, 0.05) is 6.20 Å². The Labute approximate surface area is 141 Å². The van der Waals surface area contributed by atoms with Gasteiger partial charge in [-0.05, 0) is 13.0 Å². The number of nitrogens with zero attached hydrogens (tertiary/aromatic N) is 5. The first kappa shape index (κ1) is 15.9. The largest absolute Gasteiger partial charge is 0.394 e. The van der Waals surface area contributed by atoms with Crippen LogP contribution in [0.15, 0.2) is 18.6 Å². The highest BCUT2D eigenvalue weighted by molar-refractivity contribution is 5.97. The van der Waals surface area contributed by atoms with Gasteiger partial charge in [0.2, 0.25) is 0 Å². The summed E-state index contributed by atoms with van der Waals surface area (Å²) in [5, 5.41) is 41.9. The molecule has 4 atom stereocenters. The summed E-state index contributed by atoms with van der Waals surface area (Å²) < 4.78 is 6.96. The minimum Gasteiger partial charge on any atom is -0.394 e. The lowest BCUT2D eigenvalue weighted by Gasteiger charge is -2.26. The van der Waals surface area contributed by atoms with Crippen molar-refractivity contribution in [2.45, 2.75) is 31.0 Å². The molecule has 0 amide bonds. The lowest BCUT2D eigenvalue weighted by Crippen LogP contribution is -2.44. The number of aromatic nitrogens is 6. The molecule has 132 valence electrons. The Balaban J connectivity index is 1.93. The number of hydrogen-bond donors (Lipinski definition) is 5. The maximum atomic E-state index is 10.7. The molecule has 1 aliphatic rings. The van der Waals surface area contributed by atoms with Crippen molar-refractivity contribution < 1.29 is 20.1 Å². The van der Waals surface area contributed by atoms with Gasteiger partial charge in [-0.25, -0.2) is 14.6 Å². The second-order valence-corrected chi connectivity index (χ2v) is 6.10. The van der Waals surface area contributed by atoms with Gasteiger partial charge in [0.25, 0.3) is 0 Å². The number of nitrogens with one attached hydrogen (secondary N) is 1. The summed E-state index contributed by atoms with van der Waals surface area (Å²) in [6.45, 7) is 0.962. The van der Waals surface area contributed by atoms with Crippen molar-refractivity contribution in [1.82, 2.24) is 29.9 Å². The average Bonchev–Trinajstić information content (AvgIpc) is 3.27. The Bertz CT molecular complexity index is 907. The molecule has 3 aromatic heterocycles. The molecule has 11 heteroatoms. The van der Waals surface area contributed by atoms with Gasteiger partial charge in [0.05, 0.1) is 17.7 Å². The van der Waals surface area contributed by atoms with E-state index in [0.29, 0.717) is 22.4 Å². The monoisotopic (exact) mass is 347 g/mol. The summed E-state index contributed by atoms with van der Waals surface area (Å²) in [6.07, 6.45) is -0.483. The van der Waals surface area contributed by atoms with Crippen molar-refractivity contribution in [3.63, 3.8) is 0 Å². The summed E-state index contributed by atoms with van der Waals surface area (Å²) >= 11 is 0. The maximum Gasteiger partial charge on any atom is 0.183 e. The number of aliphatic hydroxyl groups excluding tert-OH is 2. The van der Waals surface area contributed by atoms with Crippen LogP contribution < -0.4 is 5.73 Å². The SMILES string of the molecule is C[C@]1(O)C(n2nc(-c3ccn[nH]3)c3c(N)ncnc32)OC(CO)[C@H]1O. The van der Waals surface area contributed by atoms with Gasteiger partial charge in [-0.1, -0.05) is 0 Å². The van der Waals surface area contributed by atoms with Crippen LogP contribution in [0.1, 0.15) is 13.2 Å². The number of hydrogen-bond acceptors (Lipinski definition) is 9. The predicted octanol–water partition coefficient (Wildman–Crippen LogP) is -1.20. The van der Waals surface area contributed by atoms with Crippen LogP contribution in [-0.2, 0) is 4.74 Å². The number of nitrogens with two attached hydrogens (primary N) is 1. The molecule has 6 N–H and O–H groups in total. The van der Waals surface area contributed by atoms with Crippen LogP contribution in [-0.4, -0.2) is 69.7 Å². The number of fused-ring (bicyclic) bond motifs is 1. The summed E-state index contributed by atoms with van der Waals surface area (Å²) in [5.74, 6) is 0.206. The first-order chi connectivity index (χ1) is 11.9. The molecule has 0 bridgehead atoms. The van der Waals surface area contributed by atoms with Crippen LogP contribution in [0.3, 0.4) is 0 Å². The third-order valence-corrected chi connectivity index (χ3v) is 4.43. The average molecular weight is 347 g/mol. The minimum atomic E-state index is -1.70. The van der Waals surface area contributed by atoms with E-state index in [1.54, 1.807) is 12.3 Å². The second kappa shape index (κ2) is 5.46. The predicted molar refractivity (Wildman–Crippen MR) is 84.9 cm³/mol. The molecule has 3 aromatic rings. The molecular weight excluding hydrogens is 330 g/mol. The van der Waals surface area contributed by atoms with Gasteiger partial charge in [0.15, 0.2) is 11.9 Å². The molecule has 25 heavy (non-hydrogen) atoms. The fraction of sp³-hybridized carbons (Fsp3) is 0.429. The standard InChI is InChI=1S/C14H17N7O4/c1-14(24)10(23)7(4-22)25-13(14)21-12-8(11(15)16-5-17-12)9(20-21)6-2-3-18-19-6/h2-3,5,7,10,13,22-24H,4H2,1H3,(H,18,19)(H2,15,16,17)/t7?,10-,13?,14-/m1/s1. The molecular formula is C14H17N7O4. The van der Waals surface area contributed by atoms with Crippen LogP contribution in [0, 0.1) is 0 Å². The zero-order valence-corrected chi connectivity index (χ0v) is 13.2. The van der Waals surface area contributed by atoms with Crippen molar-refractivity contribution in [3.05, 3.63) is 18.6 Å². The highest BCUT2D eigenvalue weighted by Crippen LogP contribution is 2.40. The Kier molecular flexibility index (Phi) is 3.47. The van der Waals surface area contributed by atoms with E-state index in [1.807, 2.05) is 0 Å². The molecule has 0 saturated carbocycles. The normalized spacial score (nSPS) is 29.5. The van der Waals surface area contributed by atoms with Crippen molar-refractivity contribution in [3.8, 4) is 11.4 Å². The van der Waals surface area contributed by atoms with Crippen molar-refractivity contribution in [2.75, 3.05) is 12.3 Å². The maximum absolute atomic E-state index is 10.7. The lowest BCUT2D eigenvalue weighted by molar-refractivity contribution is -0.100. The fourth-order valence-corrected chi connectivity index (χ4v) is 3.08. The molecule has 0 aromatic carbocycles. The molecule has 4 rings (SSSR count). The molecule has 0 radical (unpaired) electrons. The molecule has 11 nitrogen and oxygen atoms in total. The lowest BCUT2D eigenvalue weighted by atomic mass is 9.97. The Hall–Kier alpha value is -2.60. The van der Waals surface area contributed by atoms with E-state index in [-0.39, 0.29) is 5.82 Å². The molecule has 1 aliphatic heterocycles. The third-order valence-electron chi connectivity index (χ3n) is 4.43. The summed E-state index contributed by atoms with van der Waals surface area (Å²) in [4.78, 5) is 8.18. The van der Waals surface area contributed by atoms with Gasteiger partial charge in [0.1, 0.15) is 35.6 Å². The van der Waals surface area contributed by atoms with Crippen molar-refractivity contribution >= 4 is 16.9 Å². The van der Waals surface area contributed by atoms with Crippen LogP contribution in [0.25, 0.3) is 22.4 Å². The highest BCUT2D eigenvalue weighted by atomic mass is 16.6. The zero-order chi connectivity index (χ0) is 17.8. The van der Waals surface area contributed by atoms with Crippen molar-refractivity contribution in [2.24, 2.45) is 0 Å². The number of anilines is 1. The van der Waals surface area contributed by atoms with E-state index < -0.39 is 30.6 Å². The van der Waals surface area contributed by atoms with Gasteiger partial charge in [-0.15, -0.1) is 0 Å². The second-order valence-electron chi connectivity index (χ2n) is 6.10. The number of aromatic amines is 1. The molecule has 2 unspecified atom stereocenters. The first-order valence-corrected chi connectivity index (χ1v) is 7.60. The Morgan fingerprint density at radius 2 is 2.24 bits per heavy atom. The third kappa shape index (κ3) is 2.21. The van der Waals surface area contributed by atoms with Gasteiger partial charge in [-0.3, -0.25) is 5.10 Å². The quantitative estimate of drug-likeness (QED) is 0.390. The summed E-state index contributed by atoms with van der Waals surface area (Å²) in [6, 6.07) is 1.71. The van der Waals surface area contributed by atoms with Crippen LogP contribution in [0.4, 0.5) is 5.82 Å². The Morgan fingerprint density at radius 3 is 2.88 bits per heavy atom. The van der Waals surface area contributed by atoms with Crippen molar-refractivity contribution in [1.29, 1.82) is 0 Å². The van der Waals surface area contributed by atoms with E-state index in [1.165, 1.54) is 17.9 Å². The fourth-order valence-electron chi connectivity index (χ4n) is 3.08. The summed E-state index contributed by atoms with van der Waals surface area (Å²) in [5.41, 5.74) is 5.64. The smallest absolute Gasteiger partial charge is 0.183 e. The number of aliphatic hydroxyl groups is 3.